The molecule has 0 radical (unpaired) electrons. The number of para-hydroxylation sites is 1. The van der Waals surface area contributed by atoms with E-state index in [1.807, 2.05) is 38.2 Å². The molecule has 0 aliphatic carbocycles. The number of methoxy groups -OCH3 is 1. The third-order valence-corrected chi connectivity index (χ3v) is 4.02. The highest BCUT2D eigenvalue weighted by molar-refractivity contribution is 6.08. The van der Waals surface area contributed by atoms with Crippen LogP contribution in [0.4, 0.5) is 5.69 Å². The monoisotopic (exact) mass is 349 g/mol. The van der Waals surface area contributed by atoms with Gasteiger partial charge in [0, 0.05) is 11.8 Å². The van der Waals surface area contributed by atoms with Crippen LogP contribution in [-0.2, 0) is 4.74 Å². The van der Waals surface area contributed by atoms with Crippen LogP contribution in [0.1, 0.15) is 31.8 Å². The van der Waals surface area contributed by atoms with E-state index in [0.717, 1.165) is 16.8 Å². The number of carbonyl (C=O) groups excluding carboxylic acids is 2. The highest BCUT2D eigenvalue weighted by Gasteiger charge is 2.16. The van der Waals surface area contributed by atoms with E-state index in [9.17, 15) is 9.59 Å². The van der Waals surface area contributed by atoms with E-state index in [0.29, 0.717) is 16.8 Å². The molecule has 26 heavy (non-hydrogen) atoms. The molecule has 0 saturated carbocycles. The molecule has 1 aromatic heterocycles. The first-order valence-corrected chi connectivity index (χ1v) is 8.10. The van der Waals surface area contributed by atoms with Gasteiger partial charge in [0.2, 0.25) is 0 Å². The quantitative estimate of drug-likeness (QED) is 0.731. The molecule has 1 N–H and O–H groups in total. The molecule has 0 atom stereocenters. The molecule has 3 aromatic rings. The van der Waals surface area contributed by atoms with Crippen LogP contribution in [0.3, 0.4) is 0 Å². The summed E-state index contributed by atoms with van der Waals surface area (Å²) in [6.45, 7) is 3.79. The van der Waals surface area contributed by atoms with Gasteiger partial charge in [-0.3, -0.25) is 4.79 Å². The van der Waals surface area contributed by atoms with Gasteiger partial charge in [0.05, 0.1) is 30.2 Å². The minimum atomic E-state index is -0.492. The molecule has 0 spiro atoms. The Balaban J connectivity index is 1.84. The Bertz CT molecular complexity index is 959. The van der Waals surface area contributed by atoms with E-state index in [1.165, 1.54) is 7.11 Å². The lowest BCUT2D eigenvalue weighted by Crippen LogP contribution is -2.16. The summed E-state index contributed by atoms with van der Waals surface area (Å²) < 4.78 is 6.53. The highest BCUT2D eigenvalue weighted by Crippen LogP contribution is 2.22. The molecule has 0 aliphatic rings. The zero-order chi connectivity index (χ0) is 18.7. The van der Waals surface area contributed by atoms with Crippen molar-refractivity contribution in [3.8, 4) is 5.69 Å². The van der Waals surface area contributed by atoms with Crippen molar-refractivity contribution in [2.45, 2.75) is 13.8 Å². The van der Waals surface area contributed by atoms with Crippen LogP contribution in [0.15, 0.2) is 54.9 Å². The van der Waals surface area contributed by atoms with Crippen LogP contribution in [-0.4, -0.2) is 28.8 Å². The molecule has 2 aromatic carbocycles. The summed E-state index contributed by atoms with van der Waals surface area (Å²) in [7, 11) is 1.31. The first-order chi connectivity index (χ1) is 12.5. The second kappa shape index (κ2) is 7.23. The minimum Gasteiger partial charge on any atom is -0.465 e. The van der Waals surface area contributed by atoms with Crippen LogP contribution in [0, 0.1) is 13.8 Å². The number of ether oxygens (including phenoxy) is 1. The van der Waals surface area contributed by atoms with Crippen molar-refractivity contribution >= 4 is 17.6 Å². The number of aryl methyl sites for hydroxylation is 2. The Labute approximate surface area is 151 Å². The Morgan fingerprint density at radius 3 is 2.42 bits per heavy atom. The number of anilines is 1. The number of aromatic nitrogens is 2. The van der Waals surface area contributed by atoms with Crippen molar-refractivity contribution in [1.82, 2.24) is 9.78 Å². The van der Waals surface area contributed by atoms with E-state index in [-0.39, 0.29) is 5.91 Å². The second-order valence-corrected chi connectivity index (χ2v) is 5.95. The molecule has 6 heteroatoms. The number of nitrogens with zero attached hydrogens (tertiary/aromatic N) is 2. The summed E-state index contributed by atoms with van der Waals surface area (Å²) in [5.41, 5.74) is 3.96. The fourth-order valence-corrected chi connectivity index (χ4v) is 2.62. The van der Waals surface area contributed by atoms with Gasteiger partial charge in [-0.1, -0.05) is 12.1 Å². The molecule has 0 saturated heterocycles. The largest absolute Gasteiger partial charge is 0.465 e. The maximum absolute atomic E-state index is 12.6. The van der Waals surface area contributed by atoms with Gasteiger partial charge >= 0.3 is 5.97 Å². The molecule has 0 bridgehead atoms. The smallest absolute Gasteiger partial charge is 0.339 e. The van der Waals surface area contributed by atoms with Gasteiger partial charge in [0.15, 0.2) is 0 Å². The van der Waals surface area contributed by atoms with Gasteiger partial charge in [-0.15, -0.1) is 0 Å². The van der Waals surface area contributed by atoms with Gasteiger partial charge in [-0.25, -0.2) is 9.48 Å². The fraction of sp³-hybridized carbons (Fsp3) is 0.150. The maximum Gasteiger partial charge on any atom is 0.339 e. The summed E-state index contributed by atoms with van der Waals surface area (Å²) in [4.78, 5) is 24.5. The van der Waals surface area contributed by atoms with Gasteiger partial charge in [0.1, 0.15) is 0 Å². The molecule has 0 unspecified atom stereocenters. The Hall–Kier alpha value is -3.41. The molecule has 0 aliphatic heterocycles. The number of hydrogen-bond donors (Lipinski definition) is 1. The van der Waals surface area contributed by atoms with Gasteiger partial charge < -0.3 is 10.1 Å². The highest BCUT2D eigenvalue weighted by atomic mass is 16.5. The Kier molecular flexibility index (Phi) is 4.84. The van der Waals surface area contributed by atoms with Gasteiger partial charge in [-0.2, -0.15) is 5.10 Å². The zero-order valence-corrected chi connectivity index (χ0v) is 14.8. The van der Waals surface area contributed by atoms with E-state index < -0.39 is 5.97 Å². The molecule has 3 rings (SSSR count). The van der Waals surface area contributed by atoms with Crippen LogP contribution >= 0.6 is 0 Å². The summed E-state index contributed by atoms with van der Waals surface area (Å²) >= 11 is 0. The van der Waals surface area contributed by atoms with Crippen LogP contribution in [0.2, 0.25) is 0 Å². The zero-order valence-electron chi connectivity index (χ0n) is 14.8. The molecule has 0 fully saturated rings. The SMILES string of the molecule is COC(=O)c1cccc(C)c1NC(=O)c1ccc(-n2cc(C)cn2)cc1. The molecular formula is C20H19N3O3. The third kappa shape index (κ3) is 3.49. The first-order valence-electron chi connectivity index (χ1n) is 8.10. The summed E-state index contributed by atoms with van der Waals surface area (Å²) in [5.74, 6) is -0.791. The Morgan fingerprint density at radius 2 is 1.81 bits per heavy atom. The van der Waals surface area contributed by atoms with Crippen LogP contribution < -0.4 is 5.32 Å². The summed E-state index contributed by atoms with van der Waals surface area (Å²) in [6, 6.07) is 12.3. The van der Waals surface area contributed by atoms with Gasteiger partial charge in [-0.05, 0) is 55.3 Å². The average Bonchev–Trinajstić information content (AvgIpc) is 3.09. The number of rotatable bonds is 4. The number of amides is 1. The van der Waals surface area contributed by atoms with Crippen molar-refractivity contribution in [2.75, 3.05) is 12.4 Å². The normalized spacial score (nSPS) is 10.4. The standard InChI is InChI=1S/C20H19N3O3/c1-13-11-21-23(12-13)16-9-7-15(8-10-16)19(24)22-18-14(2)5-4-6-17(18)20(25)26-3/h4-12H,1-3H3,(H,22,24). The van der Waals surface area contributed by atoms with Crippen molar-refractivity contribution in [1.29, 1.82) is 0 Å². The second-order valence-electron chi connectivity index (χ2n) is 5.95. The number of nitrogens with one attached hydrogen (secondary N) is 1. The molecule has 6 nitrogen and oxygen atoms in total. The lowest BCUT2D eigenvalue weighted by atomic mass is 10.1. The predicted octanol–water partition coefficient (Wildman–Crippen LogP) is 3.53. The van der Waals surface area contributed by atoms with Crippen molar-refractivity contribution in [3.05, 3.63) is 77.1 Å². The molecular weight excluding hydrogens is 330 g/mol. The minimum absolute atomic E-state index is 0.298. The van der Waals surface area contributed by atoms with E-state index in [1.54, 1.807) is 35.1 Å². The van der Waals surface area contributed by atoms with E-state index >= 15 is 0 Å². The summed E-state index contributed by atoms with van der Waals surface area (Å²) in [5, 5.41) is 7.06. The lowest BCUT2D eigenvalue weighted by Gasteiger charge is -2.13. The van der Waals surface area contributed by atoms with Crippen LogP contribution in [0.25, 0.3) is 5.69 Å². The van der Waals surface area contributed by atoms with E-state index in [2.05, 4.69) is 10.4 Å². The maximum atomic E-state index is 12.6. The van der Waals surface area contributed by atoms with Crippen molar-refractivity contribution in [2.24, 2.45) is 0 Å². The van der Waals surface area contributed by atoms with Crippen LogP contribution in [0.5, 0.6) is 0 Å². The number of esters is 1. The van der Waals surface area contributed by atoms with E-state index in [4.69, 9.17) is 4.74 Å². The van der Waals surface area contributed by atoms with Gasteiger partial charge in [0.25, 0.3) is 5.91 Å². The average molecular weight is 349 g/mol. The number of benzene rings is 2. The van der Waals surface area contributed by atoms with Crippen molar-refractivity contribution in [3.63, 3.8) is 0 Å². The van der Waals surface area contributed by atoms with Crippen molar-refractivity contribution < 1.29 is 14.3 Å². The lowest BCUT2D eigenvalue weighted by molar-refractivity contribution is 0.0602. The number of carbonyl (C=O) groups is 2. The topological polar surface area (TPSA) is 73.2 Å². The predicted molar refractivity (Wildman–Crippen MR) is 98.8 cm³/mol. The Morgan fingerprint density at radius 1 is 1.08 bits per heavy atom. The number of hydrogen-bond acceptors (Lipinski definition) is 4. The molecule has 1 heterocycles. The summed E-state index contributed by atoms with van der Waals surface area (Å²) in [6.07, 6.45) is 3.68. The third-order valence-electron chi connectivity index (χ3n) is 4.02. The molecule has 132 valence electrons. The first kappa shape index (κ1) is 17.4. The molecule has 1 amide bonds. The fourth-order valence-electron chi connectivity index (χ4n) is 2.62.